The summed E-state index contributed by atoms with van der Waals surface area (Å²) in [6.45, 7) is 5.19. The number of nitrogens with two attached hydrogens (primary N) is 2. The molecular formula is C15H23FN4O. The van der Waals surface area contributed by atoms with Gasteiger partial charge < -0.3 is 21.3 Å². The van der Waals surface area contributed by atoms with Crippen LogP contribution in [0.5, 0.6) is 0 Å². The first-order chi connectivity index (χ1) is 9.93. The Hall–Kier alpha value is -1.82. The average Bonchev–Trinajstić information content (AvgIpc) is 2.46. The largest absolute Gasteiger partial charge is 0.398 e. The molecule has 1 aliphatic heterocycles. The van der Waals surface area contributed by atoms with Crippen LogP contribution in [0.4, 0.5) is 15.8 Å². The van der Waals surface area contributed by atoms with Crippen LogP contribution in [-0.4, -0.2) is 43.5 Å². The molecule has 1 aromatic carbocycles. The first-order valence-electron chi connectivity index (χ1n) is 7.28. The number of primary amides is 1. The van der Waals surface area contributed by atoms with E-state index < -0.39 is 11.7 Å². The van der Waals surface area contributed by atoms with Crippen molar-refractivity contribution < 1.29 is 9.18 Å². The fraction of sp³-hybridized carbons (Fsp3) is 0.533. The molecule has 1 saturated heterocycles. The van der Waals surface area contributed by atoms with Gasteiger partial charge in [0.2, 0.25) is 0 Å². The number of carbonyl (C=O) groups excluding carboxylic acids is 1. The number of hydrogen-bond donors (Lipinski definition) is 2. The highest BCUT2D eigenvalue weighted by molar-refractivity contribution is 5.99. The number of amides is 1. The molecule has 0 aromatic heterocycles. The number of nitrogens with zero attached hydrogens (tertiary/aromatic N) is 2. The molecule has 0 atom stereocenters. The lowest BCUT2D eigenvalue weighted by Crippen LogP contribution is -2.43. The molecule has 4 N–H and O–H groups in total. The molecule has 1 amide bonds. The van der Waals surface area contributed by atoms with Crippen LogP contribution in [0.2, 0.25) is 0 Å². The zero-order valence-corrected chi connectivity index (χ0v) is 12.6. The molecule has 1 fully saturated rings. The molecule has 0 saturated carbocycles. The maximum Gasteiger partial charge on any atom is 0.250 e. The number of piperidine rings is 1. The molecule has 2 rings (SSSR count). The number of likely N-dealkylation sites (tertiary alicyclic amines) is 1. The standard InChI is InChI=1S/C15H23FN4O/c1-3-20-6-4-10(5-7-20)19(2)14-8-11(15(18)21)13(17)9-12(14)16/h8-10H,3-7,17H2,1-2H3,(H2,18,21). The number of benzene rings is 1. The van der Waals surface area contributed by atoms with E-state index in [1.165, 1.54) is 12.1 Å². The van der Waals surface area contributed by atoms with Crippen molar-refractivity contribution in [2.75, 3.05) is 37.3 Å². The Labute approximate surface area is 124 Å². The van der Waals surface area contributed by atoms with E-state index in [0.717, 1.165) is 32.5 Å². The monoisotopic (exact) mass is 294 g/mol. The van der Waals surface area contributed by atoms with E-state index in [9.17, 15) is 9.18 Å². The van der Waals surface area contributed by atoms with E-state index in [0.29, 0.717) is 5.69 Å². The molecular weight excluding hydrogens is 271 g/mol. The minimum atomic E-state index is -0.636. The minimum absolute atomic E-state index is 0.0814. The van der Waals surface area contributed by atoms with Crippen LogP contribution in [0.1, 0.15) is 30.1 Å². The van der Waals surface area contributed by atoms with Crippen molar-refractivity contribution in [1.82, 2.24) is 4.90 Å². The van der Waals surface area contributed by atoms with Crippen LogP contribution in [0.25, 0.3) is 0 Å². The summed E-state index contributed by atoms with van der Waals surface area (Å²) in [5.41, 5.74) is 11.6. The molecule has 116 valence electrons. The summed E-state index contributed by atoms with van der Waals surface area (Å²) < 4.78 is 14.2. The smallest absolute Gasteiger partial charge is 0.250 e. The molecule has 0 spiro atoms. The van der Waals surface area contributed by atoms with E-state index in [4.69, 9.17) is 11.5 Å². The normalized spacial score (nSPS) is 16.9. The number of rotatable bonds is 4. The summed E-state index contributed by atoms with van der Waals surface area (Å²) in [7, 11) is 1.85. The first-order valence-corrected chi connectivity index (χ1v) is 7.28. The van der Waals surface area contributed by atoms with Crippen LogP contribution in [0, 0.1) is 5.82 Å². The number of carbonyl (C=O) groups is 1. The number of halogens is 1. The van der Waals surface area contributed by atoms with Gasteiger partial charge in [-0.1, -0.05) is 6.92 Å². The Morgan fingerprint density at radius 1 is 1.43 bits per heavy atom. The van der Waals surface area contributed by atoms with Gasteiger partial charge in [-0.3, -0.25) is 4.79 Å². The summed E-state index contributed by atoms with van der Waals surface area (Å²) in [4.78, 5) is 15.6. The van der Waals surface area contributed by atoms with E-state index >= 15 is 0 Å². The second-order valence-corrected chi connectivity index (χ2v) is 5.53. The molecule has 0 unspecified atom stereocenters. The summed E-state index contributed by atoms with van der Waals surface area (Å²) in [5, 5.41) is 0. The van der Waals surface area contributed by atoms with Crippen molar-refractivity contribution in [3.05, 3.63) is 23.5 Å². The summed E-state index contributed by atoms with van der Waals surface area (Å²) in [5.74, 6) is -1.05. The van der Waals surface area contributed by atoms with Crippen LogP contribution < -0.4 is 16.4 Å². The topological polar surface area (TPSA) is 75.6 Å². The van der Waals surface area contributed by atoms with Crippen molar-refractivity contribution >= 4 is 17.3 Å². The molecule has 0 aliphatic carbocycles. The van der Waals surface area contributed by atoms with Gasteiger partial charge in [-0.2, -0.15) is 0 Å². The lowest BCUT2D eigenvalue weighted by molar-refractivity contribution is 0.100. The van der Waals surface area contributed by atoms with Crippen molar-refractivity contribution in [2.24, 2.45) is 5.73 Å². The van der Waals surface area contributed by atoms with E-state index in [2.05, 4.69) is 11.8 Å². The third kappa shape index (κ3) is 3.26. The molecule has 1 aromatic rings. The second-order valence-electron chi connectivity index (χ2n) is 5.53. The number of hydrogen-bond acceptors (Lipinski definition) is 4. The average molecular weight is 294 g/mol. The van der Waals surface area contributed by atoms with Gasteiger partial charge in [0.05, 0.1) is 11.3 Å². The minimum Gasteiger partial charge on any atom is -0.398 e. The SMILES string of the molecule is CCN1CCC(N(C)c2cc(C(N)=O)c(N)cc2F)CC1. The molecule has 1 heterocycles. The van der Waals surface area contributed by atoms with Crippen LogP contribution in [0.3, 0.4) is 0 Å². The van der Waals surface area contributed by atoms with Crippen LogP contribution >= 0.6 is 0 Å². The number of anilines is 2. The Kier molecular flexibility index (Phi) is 4.67. The van der Waals surface area contributed by atoms with Crippen molar-refractivity contribution in [3.63, 3.8) is 0 Å². The van der Waals surface area contributed by atoms with E-state index in [-0.39, 0.29) is 17.3 Å². The maximum absolute atomic E-state index is 14.2. The highest BCUT2D eigenvalue weighted by atomic mass is 19.1. The van der Waals surface area contributed by atoms with Gasteiger partial charge in [-0.15, -0.1) is 0 Å². The molecule has 1 aliphatic rings. The third-order valence-electron chi connectivity index (χ3n) is 4.32. The third-order valence-corrected chi connectivity index (χ3v) is 4.32. The predicted octanol–water partition coefficient (Wildman–Crippen LogP) is 1.43. The van der Waals surface area contributed by atoms with Crippen molar-refractivity contribution in [1.29, 1.82) is 0 Å². The van der Waals surface area contributed by atoms with Crippen LogP contribution in [0.15, 0.2) is 12.1 Å². The van der Waals surface area contributed by atoms with E-state index in [1.807, 2.05) is 11.9 Å². The fourth-order valence-corrected chi connectivity index (χ4v) is 2.88. The van der Waals surface area contributed by atoms with Gasteiger partial charge in [0.1, 0.15) is 5.82 Å². The summed E-state index contributed by atoms with van der Waals surface area (Å²) in [6.07, 6.45) is 1.94. The molecule has 21 heavy (non-hydrogen) atoms. The number of nitrogen functional groups attached to an aromatic ring is 1. The van der Waals surface area contributed by atoms with Gasteiger partial charge >= 0.3 is 0 Å². The Balaban J connectivity index is 2.21. The summed E-state index contributed by atoms with van der Waals surface area (Å²) >= 11 is 0. The molecule has 0 radical (unpaired) electrons. The van der Waals surface area contributed by atoms with Gasteiger partial charge in [0.25, 0.3) is 5.91 Å². The highest BCUT2D eigenvalue weighted by Gasteiger charge is 2.24. The van der Waals surface area contributed by atoms with Gasteiger partial charge in [0, 0.05) is 31.9 Å². The van der Waals surface area contributed by atoms with Crippen LogP contribution in [-0.2, 0) is 0 Å². The van der Waals surface area contributed by atoms with Crippen molar-refractivity contribution in [3.8, 4) is 0 Å². The zero-order chi connectivity index (χ0) is 15.6. The lowest BCUT2D eigenvalue weighted by Gasteiger charge is -2.37. The van der Waals surface area contributed by atoms with E-state index in [1.54, 1.807) is 0 Å². The summed E-state index contributed by atoms with van der Waals surface area (Å²) in [6, 6.07) is 2.89. The maximum atomic E-state index is 14.2. The highest BCUT2D eigenvalue weighted by Crippen LogP contribution is 2.28. The molecule has 5 nitrogen and oxygen atoms in total. The quantitative estimate of drug-likeness (QED) is 0.824. The Morgan fingerprint density at radius 3 is 2.57 bits per heavy atom. The molecule has 0 bridgehead atoms. The zero-order valence-electron chi connectivity index (χ0n) is 12.6. The van der Waals surface area contributed by atoms with Gasteiger partial charge in [0.15, 0.2) is 0 Å². The lowest BCUT2D eigenvalue weighted by atomic mass is 10.0. The van der Waals surface area contributed by atoms with Gasteiger partial charge in [-0.05, 0) is 31.5 Å². The molecule has 6 heteroatoms. The fourth-order valence-electron chi connectivity index (χ4n) is 2.88. The predicted molar refractivity (Wildman–Crippen MR) is 82.9 cm³/mol. The Morgan fingerprint density at radius 2 is 2.05 bits per heavy atom. The van der Waals surface area contributed by atoms with Gasteiger partial charge in [-0.25, -0.2) is 4.39 Å². The Bertz CT molecular complexity index is 527. The van der Waals surface area contributed by atoms with Crippen molar-refractivity contribution in [2.45, 2.75) is 25.8 Å². The second kappa shape index (κ2) is 6.30. The first kappa shape index (κ1) is 15.6.